The van der Waals surface area contributed by atoms with Crippen LogP contribution in [0.4, 0.5) is 5.69 Å². The second-order valence-corrected chi connectivity index (χ2v) is 8.11. The van der Waals surface area contributed by atoms with E-state index in [4.69, 9.17) is 0 Å². The van der Waals surface area contributed by atoms with E-state index in [0.717, 1.165) is 31.2 Å². The van der Waals surface area contributed by atoms with Crippen molar-refractivity contribution in [3.05, 3.63) is 59.7 Å². The Kier molecular flexibility index (Phi) is 5.20. The molecule has 5 nitrogen and oxygen atoms in total. The highest BCUT2D eigenvalue weighted by atomic mass is 32.2. The number of anilines is 1. The molecule has 0 bridgehead atoms. The van der Waals surface area contributed by atoms with E-state index in [-0.39, 0.29) is 16.8 Å². The molecule has 1 fully saturated rings. The summed E-state index contributed by atoms with van der Waals surface area (Å²) in [5.41, 5.74) is 1.98. The van der Waals surface area contributed by atoms with Gasteiger partial charge in [0.15, 0.2) is 0 Å². The molecule has 1 aliphatic rings. The SMILES string of the molecule is Cc1ccccc1NC(=O)c1cccc(S(=O)(=O)NC2CCCC2)c1. The predicted molar refractivity (Wildman–Crippen MR) is 98.2 cm³/mol. The third kappa shape index (κ3) is 4.27. The minimum Gasteiger partial charge on any atom is -0.322 e. The molecule has 2 aromatic rings. The van der Waals surface area contributed by atoms with Crippen LogP contribution in [0.3, 0.4) is 0 Å². The van der Waals surface area contributed by atoms with E-state index in [1.54, 1.807) is 12.1 Å². The molecule has 0 spiro atoms. The Morgan fingerprint density at radius 1 is 1.04 bits per heavy atom. The molecule has 132 valence electrons. The van der Waals surface area contributed by atoms with Gasteiger partial charge in [-0.1, -0.05) is 37.1 Å². The largest absolute Gasteiger partial charge is 0.322 e. The van der Waals surface area contributed by atoms with Crippen LogP contribution < -0.4 is 10.0 Å². The molecular formula is C19H22N2O3S. The smallest absolute Gasteiger partial charge is 0.255 e. The molecule has 2 N–H and O–H groups in total. The van der Waals surface area contributed by atoms with Crippen LogP contribution in [0.1, 0.15) is 41.6 Å². The number of carbonyl (C=O) groups is 1. The monoisotopic (exact) mass is 358 g/mol. The average molecular weight is 358 g/mol. The summed E-state index contributed by atoms with van der Waals surface area (Å²) >= 11 is 0. The minimum atomic E-state index is -3.61. The van der Waals surface area contributed by atoms with Crippen LogP contribution in [-0.4, -0.2) is 20.4 Å². The third-order valence-electron chi connectivity index (χ3n) is 4.48. The lowest BCUT2D eigenvalue weighted by atomic mass is 10.1. The first-order valence-corrected chi connectivity index (χ1v) is 9.93. The van der Waals surface area contributed by atoms with Crippen molar-refractivity contribution >= 4 is 21.6 Å². The van der Waals surface area contributed by atoms with Crippen LogP contribution in [0, 0.1) is 6.92 Å². The summed E-state index contributed by atoms with van der Waals surface area (Å²) in [6, 6.07) is 13.6. The van der Waals surface area contributed by atoms with Crippen molar-refractivity contribution in [3.63, 3.8) is 0 Å². The lowest BCUT2D eigenvalue weighted by Crippen LogP contribution is -2.32. The maximum absolute atomic E-state index is 12.5. The second-order valence-electron chi connectivity index (χ2n) is 6.40. The molecule has 0 unspecified atom stereocenters. The van der Waals surface area contributed by atoms with Crippen LogP contribution in [0.15, 0.2) is 53.4 Å². The lowest BCUT2D eigenvalue weighted by Gasteiger charge is -2.13. The van der Waals surface area contributed by atoms with Crippen molar-refractivity contribution in [2.24, 2.45) is 0 Å². The predicted octanol–water partition coefficient (Wildman–Crippen LogP) is 3.47. The Morgan fingerprint density at radius 3 is 2.48 bits per heavy atom. The van der Waals surface area contributed by atoms with E-state index < -0.39 is 10.0 Å². The summed E-state index contributed by atoms with van der Waals surface area (Å²) in [4.78, 5) is 12.6. The number of sulfonamides is 1. The highest BCUT2D eigenvalue weighted by Gasteiger charge is 2.23. The summed E-state index contributed by atoms with van der Waals surface area (Å²) in [6.45, 7) is 1.90. The molecule has 1 saturated carbocycles. The first-order chi connectivity index (χ1) is 12.0. The van der Waals surface area contributed by atoms with Gasteiger partial charge in [-0.2, -0.15) is 0 Å². The second kappa shape index (κ2) is 7.37. The Bertz CT molecular complexity index is 872. The summed E-state index contributed by atoms with van der Waals surface area (Å²) in [6.07, 6.45) is 3.83. The van der Waals surface area contributed by atoms with Crippen molar-refractivity contribution in [2.45, 2.75) is 43.5 Å². The van der Waals surface area contributed by atoms with Crippen molar-refractivity contribution < 1.29 is 13.2 Å². The van der Waals surface area contributed by atoms with Gasteiger partial charge in [0.2, 0.25) is 10.0 Å². The molecule has 1 aliphatic carbocycles. The zero-order chi connectivity index (χ0) is 17.9. The first kappa shape index (κ1) is 17.6. The van der Waals surface area contributed by atoms with Crippen LogP contribution in [-0.2, 0) is 10.0 Å². The zero-order valence-electron chi connectivity index (χ0n) is 14.2. The minimum absolute atomic E-state index is 0.00514. The number of hydrogen-bond donors (Lipinski definition) is 2. The van der Waals surface area contributed by atoms with Gasteiger partial charge in [-0.15, -0.1) is 0 Å². The number of benzene rings is 2. The van der Waals surface area contributed by atoms with Crippen LogP contribution in [0.25, 0.3) is 0 Å². The van der Waals surface area contributed by atoms with Crippen LogP contribution in [0.2, 0.25) is 0 Å². The molecular weight excluding hydrogens is 336 g/mol. The van der Waals surface area contributed by atoms with E-state index in [2.05, 4.69) is 10.0 Å². The molecule has 1 amide bonds. The molecule has 2 aromatic carbocycles. The number of amides is 1. The first-order valence-electron chi connectivity index (χ1n) is 8.45. The van der Waals surface area contributed by atoms with E-state index >= 15 is 0 Å². The number of carbonyl (C=O) groups excluding carboxylic acids is 1. The molecule has 6 heteroatoms. The summed E-state index contributed by atoms with van der Waals surface area (Å²) in [5, 5.41) is 2.82. The van der Waals surface area contributed by atoms with Crippen molar-refractivity contribution in [2.75, 3.05) is 5.32 Å². The van der Waals surface area contributed by atoms with E-state index in [1.807, 2.05) is 31.2 Å². The van der Waals surface area contributed by atoms with Crippen LogP contribution in [0.5, 0.6) is 0 Å². The van der Waals surface area contributed by atoms with E-state index in [0.29, 0.717) is 11.3 Å². The Balaban J connectivity index is 1.78. The molecule has 0 aromatic heterocycles. The maximum Gasteiger partial charge on any atom is 0.255 e. The number of aryl methyl sites for hydroxylation is 1. The maximum atomic E-state index is 12.5. The highest BCUT2D eigenvalue weighted by molar-refractivity contribution is 7.89. The molecule has 0 heterocycles. The summed E-state index contributed by atoms with van der Waals surface area (Å²) in [7, 11) is -3.61. The number of rotatable bonds is 5. The Labute approximate surface area is 148 Å². The molecule has 3 rings (SSSR count). The van der Waals surface area contributed by atoms with Crippen molar-refractivity contribution in [1.29, 1.82) is 0 Å². The Hall–Kier alpha value is -2.18. The fraction of sp³-hybridized carbons (Fsp3) is 0.316. The normalized spacial score (nSPS) is 15.2. The van der Waals surface area contributed by atoms with Gasteiger partial charge in [0, 0.05) is 17.3 Å². The summed E-state index contributed by atoms with van der Waals surface area (Å²) < 4.78 is 27.8. The molecule has 0 saturated heterocycles. The van der Waals surface area contributed by atoms with Crippen molar-refractivity contribution in [3.8, 4) is 0 Å². The molecule has 0 atom stereocenters. The van der Waals surface area contributed by atoms with Gasteiger partial charge in [0.1, 0.15) is 0 Å². The third-order valence-corrected chi connectivity index (χ3v) is 5.99. The zero-order valence-corrected chi connectivity index (χ0v) is 15.0. The van der Waals surface area contributed by atoms with Gasteiger partial charge >= 0.3 is 0 Å². The fourth-order valence-electron chi connectivity index (χ4n) is 3.04. The van der Waals surface area contributed by atoms with Gasteiger partial charge in [-0.3, -0.25) is 4.79 Å². The lowest BCUT2D eigenvalue weighted by molar-refractivity contribution is 0.102. The molecule has 25 heavy (non-hydrogen) atoms. The quantitative estimate of drug-likeness (QED) is 0.859. The number of nitrogens with one attached hydrogen (secondary N) is 2. The van der Waals surface area contributed by atoms with Crippen molar-refractivity contribution in [1.82, 2.24) is 4.72 Å². The number of hydrogen-bond acceptors (Lipinski definition) is 3. The highest BCUT2D eigenvalue weighted by Crippen LogP contribution is 2.21. The number of para-hydroxylation sites is 1. The van der Waals surface area contributed by atoms with Gasteiger partial charge in [0.25, 0.3) is 5.91 Å². The average Bonchev–Trinajstić information content (AvgIpc) is 3.09. The van der Waals surface area contributed by atoms with E-state index in [9.17, 15) is 13.2 Å². The Morgan fingerprint density at radius 2 is 1.76 bits per heavy atom. The van der Waals surface area contributed by atoms with Crippen LogP contribution >= 0.6 is 0 Å². The van der Waals surface area contributed by atoms with E-state index in [1.165, 1.54) is 12.1 Å². The molecule has 0 radical (unpaired) electrons. The topological polar surface area (TPSA) is 75.3 Å². The summed E-state index contributed by atoms with van der Waals surface area (Å²) in [5.74, 6) is -0.327. The van der Waals surface area contributed by atoms with Gasteiger partial charge in [-0.25, -0.2) is 13.1 Å². The standard InChI is InChI=1S/C19H22N2O3S/c1-14-7-2-5-12-18(14)20-19(22)15-8-6-11-17(13-15)25(23,24)21-16-9-3-4-10-16/h2,5-8,11-13,16,21H,3-4,9-10H2,1H3,(H,20,22). The fourth-order valence-corrected chi connectivity index (χ4v) is 4.39. The van der Waals surface area contributed by atoms with Gasteiger partial charge < -0.3 is 5.32 Å². The van der Waals surface area contributed by atoms with Gasteiger partial charge in [0.05, 0.1) is 4.90 Å². The van der Waals surface area contributed by atoms with Gasteiger partial charge in [-0.05, 0) is 49.6 Å². The molecule has 0 aliphatic heterocycles.